The SMILES string of the molecule is O=C(NNC(=S)Nc1ccccc1Cl)c1ccc(-n2c(-c3ccccc3)nc3ccccc3c2=O)cc1. The van der Waals surface area contributed by atoms with Crippen LogP contribution < -0.4 is 21.7 Å². The topological polar surface area (TPSA) is 88.1 Å². The van der Waals surface area contributed by atoms with E-state index in [0.29, 0.717) is 38.7 Å². The Labute approximate surface area is 222 Å². The highest BCUT2D eigenvalue weighted by Gasteiger charge is 2.15. The molecule has 0 saturated carbocycles. The van der Waals surface area contributed by atoms with Crippen LogP contribution in [0.2, 0.25) is 5.02 Å². The summed E-state index contributed by atoms with van der Waals surface area (Å²) in [5.41, 5.74) is 8.01. The van der Waals surface area contributed by atoms with Gasteiger partial charge in [-0.3, -0.25) is 25.0 Å². The Balaban J connectivity index is 1.39. The predicted octanol–water partition coefficient (Wildman–Crippen LogP) is 5.34. The Morgan fingerprint density at radius 1 is 0.811 bits per heavy atom. The van der Waals surface area contributed by atoms with Crippen LogP contribution in [0, 0.1) is 0 Å². The van der Waals surface area contributed by atoms with Gasteiger partial charge in [-0.15, -0.1) is 0 Å². The van der Waals surface area contributed by atoms with E-state index in [4.69, 9.17) is 28.8 Å². The van der Waals surface area contributed by atoms with Crippen molar-refractivity contribution in [1.29, 1.82) is 0 Å². The fraction of sp³-hybridized carbons (Fsp3) is 0. The molecule has 0 radical (unpaired) electrons. The lowest BCUT2D eigenvalue weighted by molar-refractivity contribution is 0.0944. The Kier molecular flexibility index (Phi) is 6.93. The third kappa shape index (κ3) is 5.20. The lowest BCUT2D eigenvalue weighted by Crippen LogP contribution is -2.43. The number of benzene rings is 4. The third-order valence-electron chi connectivity index (χ3n) is 5.61. The fourth-order valence-corrected chi connectivity index (χ4v) is 4.16. The van der Waals surface area contributed by atoms with Gasteiger partial charge in [-0.25, -0.2) is 4.98 Å². The van der Waals surface area contributed by atoms with Gasteiger partial charge in [-0.05, 0) is 60.7 Å². The molecule has 7 nitrogen and oxygen atoms in total. The third-order valence-corrected chi connectivity index (χ3v) is 6.14. The Morgan fingerprint density at radius 2 is 1.49 bits per heavy atom. The number of carbonyl (C=O) groups excluding carboxylic acids is 1. The number of amides is 1. The molecule has 9 heteroatoms. The number of hydrazine groups is 1. The zero-order valence-corrected chi connectivity index (χ0v) is 20.9. The maximum Gasteiger partial charge on any atom is 0.269 e. The van der Waals surface area contributed by atoms with Crippen LogP contribution in [-0.2, 0) is 0 Å². The highest BCUT2D eigenvalue weighted by molar-refractivity contribution is 7.80. The zero-order valence-electron chi connectivity index (χ0n) is 19.3. The molecule has 0 bridgehead atoms. The van der Waals surface area contributed by atoms with Crippen LogP contribution in [0.15, 0.2) is 108 Å². The summed E-state index contributed by atoms with van der Waals surface area (Å²) in [5, 5.41) is 4.11. The van der Waals surface area contributed by atoms with Crippen LogP contribution in [0.25, 0.3) is 28.0 Å². The summed E-state index contributed by atoms with van der Waals surface area (Å²) in [7, 11) is 0. The summed E-state index contributed by atoms with van der Waals surface area (Å²) >= 11 is 11.3. The van der Waals surface area contributed by atoms with Crippen LogP contribution >= 0.6 is 23.8 Å². The maximum absolute atomic E-state index is 13.5. The van der Waals surface area contributed by atoms with Crippen LogP contribution in [0.3, 0.4) is 0 Å². The number of thiocarbonyl (C=S) groups is 1. The molecule has 3 N–H and O–H groups in total. The van der Waals surface area contributed by atoms with Gasteiger partial charge in [-0.1, -0.05) is 66.2 Å². The molecule has 1 heterocycles. The summed E-state index contributed by atoms with van der Waals surface area (Å²) in [5.74, 6) is 0.112. The summed E-state index contributed by atoms with van der Waals surface area (Å²) in [6.45, 7) is 0. The molecule has 5 aromatic rings. The normalized spacial score (nSPS) is 10.6. The van der Waals surface area contributed by atoms with Crippen LogP contribution in [0.4, 0.5) is 5.69 Å². The Morgan fingerprint density at radius 3 is 2.24 bits per heavy atom. The molecule has 0 aliphatic heterocycles. The summed E-state index contributed by atoms with van der Waals surface area (Å²) in [6.07, 6.45) is 0. The van der Waals surface area contributed by atoms with Gasteiger partial charge in [0, 0.05) is 11.1 Å². The van der Waals surface area contributed by atoms with Crippen molar-refractivity contribution >= 4 is 51.4 Å². The number of carbonyl (C=O) groups is 1. The maximum atomic E-state index is 13.5. The van der Waals surface area contributed by atoms with E-state index in [1.165, 1.54) is 0 Å². The molecule has 0 spiro atoms. The van der Waals surface area contributed by atoms with Gasteiger partial charge < -0.3 is 5.32 Å². The molecular formula is C28H20ClN5O2S. The Hall–Kier alpha value is -4.53. The van der Waals surface area contributed by atoms with Crippen molar-refractivity contribution in [3.8, 4) is 17.1 Å². The molecule has 37 heavy (non-hydrogen) atoms. The second-order valence-electron chi connectivity index (χ2n) is 8.02. The van der Waals surface area contributed by atoms with Gasteiger partial charge in [0.1, 0.15) is 5.82 Å². The number of anilines is 1. The number of fused-ring (bicyclic) bond motifs is 1. The highest BCUT2D eigenvalue weighted by Crippen LogP contribution is 2.22. The van der Waals surface area contributed by atoms with Gasteiger partial charge in [0.2, 0.25) is 0 Å². The average molecular weight is 526 g/mol. The first-order valence-corrected chi connectivity index (χ1v) is 12.1. The minimum Gasteiger partial charge on any atom is -0.330 e. The number of nitrogens with zero attached hydrogens (tertiary/aromatic N) is 2. The van der Waals surface area contributed by atoms with Crippen molar-refractivity contribution in [2.75, 3.05) is 5.32 Å². The quantitative estimate of drug-likeness (QED) is 0.217. The first-order chi connectivity index (χ1) is 18.0. The number of para-hydroxylation sites is 2. The van der Waals surface area contributed by atoms with Gasteiger partial charge in [0.15, 0.2) is 5.11 Å². The molecule has 0 aliphatic carbocycles. The lowest BCUT2D eigenvalue weighted by Gasteiger charge is -2.15. The number of hydrogen-bond donors (Lipinski definition) is 3. The number of aromatic nitrogens is 2. The van der Waals surface area contributed by atoms with E-state index < -0.39 is 5.91 Å². The van der Waals surface area contributed by atoms with E-state index in [1.807, 2.05) is 54.6 Å². The van der Waals surface area contributed by atoms with Crippen molar-refractivity contribution < 1.29 is 4.79 Å². The standard InChI is InChI=1S/C28H20ClN5O2S/c29-22-11-5-7-13-24(22)31-28(37)33-32-26(35)19-14-16-20(17-15-19)34-25(18-8-2-1-3-9-18)30-23-12-6-4-10-21(23)27(34)36/h1-17H,(H,32,35)(H2,31,33,37). The van der Waals surface area contributed by atoms with E-state index in [1.54, 1.807) is 53.1 Å². The van der Waals surface area contributed by atoms with Crippen molar-refractivity contribution in [3.05, 3.63) is 124 Å². The molecule has 0 unspecified atom stereocenters. The lowest BCUT2D eigenvalue weighted by atomic mass is 10.1. The van der Waals surface area contributed by atoms with Crippen molar-refractivity contribution in [2.45, 2.75) is 0 Å². The summed E-state index contributed by atoms with van der Waals surface area (Å²) in [4.78, 5) is 30.9. The molecule has 182 valence electrons. The van der Waals surface area contributed by atoms with E-state index in [9.17, 15) is 9.59 Å². The number of nitrogens with one attached hydrogen (secondary N) is 3. The second-order valence-corrected chi connectivity index (χ2v) is 8.83. The molecule has 0 atom stereocenters. The van der Waals surface area contributed by atoms with E-state index in [2.05, 4.69) is 16.2 Å². The zero-order chi connectivity index (χ0) is 25.8. The fourth-order valence-electron chi connectivity index (χ4n) is 3.82. The molecule has 0 saturated heterocycles. The number of rotatable bonds is 4. The second kappa shape index (κ2) is 10.6. The van der Waals surface area contributed by atoms with E-state index in [-0.39, 0.29) is 10.7 Å². The smallest absolute Gasteiger partial charge is 0.269 e. The monoisotopic (exact) mass is 525 g/mol. The van der Waals surface area contributed by atoms with Crippen LogP contribution in [-0.4, -0.2) is 20.6 Å². The first-order valence-electron chi connectivity index (χ1n) is 11.3. The molecule has 0 fully saturated rings. The molecule has 4 aromatic carbocycles. The Bertz CT molecular complexity index is 1670. The molecule has 5 rings (SSSR count). The van der Waals surface area contributed by atoms with Gasteiger partial charge >= 0.3 is 0 Å². The minimum atomic E-state index is -0.401. The van der Waals surface area contributed by atoms with Crippen molar-refractivity contribution in [2.24, 2.45) is 0 Å². The van der Waals surface area contributed by atoms with Gasteiger partial charge in [0.25, 0.3) is 11.5 Å². The largest absolute Gasteiger partial charge is 0.330 e. The molecule has 0 aliphatic rings. The molecule has 1 aromatic heterocycles. The van der Waals surface area contributed by atoms with Gasteiger partial charge in [0.05, 0.1) is 27.3 Å². The summed E-state index contributed by atoms with van der Waals surface area (Å²) < 4.78 is 1.56. The molecule has 1 amide bonds. The minimum absolute atomic E-state index is 0.180. The van der Waals surface area contributed by atoms with Crippen LogP contribution in [0.5, 0.6) is 0 Å². The first kappa shape index (κ1) is 24.2. The summed E-state index contributed by atoms with van der Waals surface area (Å²) in [6, 6.07) is 30.5. The predicted molar refractivity (Wildman–Crippen MR) is 151 cm³/mol. The molecular weight excluding hydrogens is 506 g/mol. The van der Waals surface area contributed by atoms with Gasteiger partial charge in [-0.2, -0.15) is 0 Å². The highest BCUT2D eigenvalue weighted by atomic mass is 35.5. The van der Waals surface area contributed by atoms with E-state index >= 15 is 0 Å². The van der Waals surface area contributed by atoms with E-state index in [0.717, 1.165) is 5.56 Å². The average Bonchev–Trinajstić information content (AvgIpc) is 2.93. The van der Waals surface area contributed by atoms with Crippen molar-refractivity contribution in [1.82, 2.24) is 20.4 Å². The van der Waals surface area contributed by atoms with Crippen molar-refractivity contribution in [3.63, 3.8) is 0 Å². The number of hydrogen-bond acceptors (Lipinski definition) is 4. The van der Waals surface area contributed by atoms with Crippen LogP contribution in [0.1, 0.15) is 10.4 Å². The number of halogens is 1.